The van der Waals surface area contributed by atoms with Crippen LogP contribution in [-0.4, -0.2) is 76.0 Å². The van der Waals surface area contributed by atoms with Gasteiger partial charge >= 0.3 is 0 Å². The van der Waals surface area contributed by atoms with Crippen LogP contribution in [0.25, 0.3) is 0 Å². The molecule has 158 valence electrons. The van der Waals surface area contributed by atoms with E-state index in [-0.39, 0.29) is 28.6 Å². The van der Waals surface area contributed by atoms with Crippen molar-refractivity contribution in [3.63, 3.8) is 0 Å². The molecule has 0 radical (unpaired) electrons. The molecule has 1 N–H and O–H groups in total. The van der Waals surface area contributed by atoms with Gasteiger partial charge in [-0.1, -0.05) is 6.92 Å². The quantitative estimate of drug-likeness (QED) is 0.691. The number of carbonyl (C=O) groups excluding carboxylic acids is 1. The summed E-state index contributed by atoms with van der Waals surface area (Å²) in [5, 5.41) is 3.01. The van der Waals surface area contributed by atoms with Crippen LogP contribution in [0, 0.1) is 0 Å². The summed E-state index contributed by atoms with van der Waals surface area (Å²) >= 11 is 0. The van der Waals surface area contributed by atoms with Crippen LogP contribution < -0.4 is 14.8 Å². The summed E-state index contributed by atoms with van der Waals surface area (Å²) in [5.41, 5.74) is -0.245. The molecule has 1 amide bonds. The summed E-state index contributed by atoms with van der Waals surface area (Å²) in [4.78, 5) is 14.3. The van der Waals surface area contributed by atoms with Gasteiger partial charge in [0.25, 0.3) is 0 Å². The van der Waals surface area contributed by atoms with Crippen molar-refractivity contribution in [2.45, 2.75) is 37.6 Å². The van der Waals surface area contributed by atoms with E-state index in [1.807, 2.05) is 25.7 Å². The van der Waals surface area contributed by atoms with Crippen LogP contribution in [0.5, 0.6) is 11.5 Å². The number of sulfonamides is 1. The summed E-state index contributed by atoms with van der Waals surface area (Å²) < 4.78 is 38.0. The normalized spacial score (nSPS) is 16.6. The third-order valence-electron chi connectivity index (χ3n) is 5.05. The predicted octanol–water partition coefficient (Wildman–Crippen LogP) is 1.31. The largest absolute Gasteiger partial charge is 0.497 e. The highest BCUT2D eigenvalue weighted by Crippen LogP contribution is 2.31. The molecule has 1 saturated heterocycles. The molecular weight excluding hydrogens is 382 g/mol. The van der Waals surface area contributed by atoms with Gasteiger partial charge in [-0.2, -0.15) is 4.31 Å². The van der Waals surface area contributed by atoms with Crippen molar-refractivity contribution in [1.82, 2.24) is 14.5 Å². The highest BCUT2D eigenvalue weighted by Gasteiger charge is 2.32. The second kappa shape index (κ2) is 9.11. The third kappa shape index (κ3) is 5.36. The molecule has 0 unspecified atom stereocenters. The molecule has 1 aromatic rings. The van der Waals surface area contributed by atoms with Gasteiger partial charge in [-0.15, -0.1) is 0 Å². The Morgan fingerprint density at radius 2 is 1.79 bits per heavy atom. The Labute approximate surface area is 167 Å². The van der Waals surface area contributed by atoms with Crippen LogP contribution in [0.15, 0.2) is 23.1 Å². The van der Waals surface area contributed by atoms with E-state index in [0.29, 0.717) is 31.9 Å². The van der Waals surface area contributed by atoms with Gasteiger partial charge in [0.05, 0.1) is 20.8 Å². The minimum Gasteiger partial charge on any atom is -0.497 e. The number of piperazine rings is 1. The first kappa shape index (κ1) is 22.4. The molecule has 8 nitrogen and oxygen atoms in total. The zero-order valence-corrected chi connectivity index (χ0v) is 18.1. The first-order valence-electron chi connectivity index (χ1n) is 9.38. The van der Waals surface area contributed by atoms with E-state index in [9.17, 15) is 13.2 Å². The number of carbonyl (C=O) groups is 1. The Balaban J connectivity index is 2.03. The molecule has 28 heavy (non-hydrogen) atoms. The zero-order valence-electron chi connectivity index (χ0n) is 17.3. The van der Waals surface area contributed by atoms with Crippen molar-refractivity contribution in [1.29, 1.82) is 0 Å². The predicted molar refractivity (Wildman–Crippen MR) is 107 cm³/mol. The first-order valence-corrected chi connectivity index (χ1v) is 10.8. The maximum Gasteiger partial charge on any atom is 0.246 e. The molecule has 1 aromatic carbocycles. The molecule has 0 aliphatic carbocycles. The molecule has 1 heterocycles. The van der Waals surface area contributed by atoms with Crippen LogP contribution >= 0.6 is 0 Å². The Bertz CT molecular complexity index is 787. The SMILES string of the molecule is CCC(C)(C)NC(=O)CN1CCN(S(=O)(=O)c2cc(OC)ccc2OC)CC1. The van der Waals surface area contributed by atoms with Crippen LogP contribution in [0.4, 0.5) is 0 Å². The maximum absolute atomic E-state index is 13.1. The Morgan fingerprint density at radius 1 is 1.14 bits per heavy atom. The third-order valence-corrected chi connectivity index (χ3v) is 6.97. The Kier molecular flexibility index (Phi) is 7.30. The summed E-state index contributed by atoms with van der Waals surface area (Å²) in [7, 11) is -0.793. The topological polar surface area (TPSA) is 88.2 Å². The second-order valence-electron chi connectivity index (χ2n) is 7.48. The summed E-state index contributed by atoms with van der Waals surface area (Å²) in [6.45, 7) is 7.86. The standard InChI is InChI=1S/C19H31N3O5S/c1-6-19(2,3)20-18(23)14-21-9-11-22(12-10-21)28(24,25)17-13-15(26-4)7-8-16(17)27-5/h7-8,13H,6,9-12,14H2,1-5H3,(H,20,23). The fourth-order valence-corrected chi connectivity index (χ4v) is 4.55. The molecule has 0 atom stereocenters. The van der Waals surface area contributed by atoms with E-state index >= 15 is 0 Å². The van der Waals surface area contributed by atoms with E-state index in [4.69, 9.17) is 9.47 Å². The average molecular weight is 414 g/mol. The molecule has 0 saturated carbocycles. The van der Waals surface area contributed by atoms with Crippen molar-refractivity contribution in [2.24, 2.45) is 0 Å². The smallest absolute Gasteiger partial charge is 0.246 e. The van der Waals surface area contributed by atoms with E-state index in [0.717, 1.165) is 6.42 Å². The number of rotatable bonds is 8. The summed E-state index contributed by atoms with van der Waals surface area (Å²) in [6, 6.07) is 4.72. The summed E-state index contributed by atoms with van der Waals surface area (Å²) in [5.74, 6) is 0.690. The molecule has 0 spiro atoms. The van der Waals surface area contributed by atoms with Crippen molar-refractivity contribution in [3.8, 4) is 11.5 Å². The first-order chi connectivity index (χ1) is 13.1. The average Bonchev–Trinajstić information content (AvgIpc) is 2.67. The van der Waals surface area contributed by atoms with E-state index in [1.54, 1.807) is 12.1 Å². The molecule has 0 aromatic heterocycles. The van der Waals surface area contributed by atoms with Crippen LogP contribution in [0.3, 0.4) is 0 Å². The maximum atomic E-state index is 13.1. The number of ether oxygens (including phenoxy) is 2. The fraction of sp³-hybridized carbons (Fsp3) is 0.632. The molecular formula is C19H31N3O5S. The number of methoxy groups -OCH3 is 2. The van der Waals surface area contributed by atoms with Crippen molar-refractivity contribution in [3.05, 3.63) is 18.2 Å². The van der Waals surface area contributed by atoms with Gasteiger partial charge in [-0.05, 0) is 32.4 Å². The minimum absolute atomic E-state index is 0.0439. The Morgan fingerprint density at radius 3 is 2.32 bits per heavy atom. The number of nitrogens with zero attached hydrogens (tertiary/aromatic N) is 2. The lowest BCUT2D eigenvalue weighted by molar-refractivity contribution is -0.124. The molecule has 9 heteroatoms. The van der Waals surface area contributed by atoms with E-state index < -0.39 is 10.0 Å². The van der Waals surface area contributed by atoms with Gasteiger partial charge in [0.2, 0.25) is 15.9 Å². The Hall–Kier alpha value is -1.84. The van der Waals surface area contributed by atoms with Gasteiger partial charge in [0, 0.05) is 37.8 Å². The van der Waals surface area contributed by atoms with Gasteiger partial charge < -0.3 is 14.8 Å². The van der Waals surface area contributed by atoms with E-state index in [1.165, 1.54) is 24.6 Å². The number of amides is 1. The van der Waals surface area contributed by atoms with Crippen LogP contribution in [0.2, 0.25) is 0 Å². The minimum atomic E-state index is -3.72. The zero-order chi connectivity index (χ0) is 20.9. The van der Waals surface area contributed by atoms with Crippen LogP contribution in [0.1, 0.15) is 27.2 Å². The van der Waals surface area contributed by atoms with Gasteiger partial charge in [-0.25, -0.2) is 8.42 Å². The molecule has 1 fully saturated rings. The number of hydrogen-bond donors (Lipinski definition) is 1. The highest BCUT2D eigenvalue weighted by atomic mass is 32.2. The molecule has 2 rings (SSSR count). The fourth-order valence-electron chi connectivity index (χ4n) is 2.96. The molecule has 1 aliphatic heterocycles. The van der Waals surface area contributed by atoms with Gasteiger partial charge in [0.1, 0.15) is 16.4 Å². The number of benzene rings is 1. The van der Waals surface area contributed by atoms with Crippen molar-refractivity contribution >= 4 is 15.9 Å². The molecule has 0 bridgehead atoms. The van der Waals surface area contributed by atoms with Gasteiger partial charge in [-0.3, -0.25) is 9.69 Å². The lowest BCUT2D eigenvalue weighted by Crippen LogP contribution is -2.53. The number of hydrogen-bond acceptors (Lipinski definition) is 6. The number of nitrogens with one attached hydrogen (secondary N) is 1. The van der Waals surface area contributed by atoms with Gasteiger partial charge in [0.15, 0.2) is 0 Å². The second-order valence-corrected chi connectivity index (χ2v) is 9.39. The monoisotopic (exact) mass is 413 g/mol. The lowest BCUT2D eigenvalue weighted by atomic mass is 10.0. The molecule has 1 aliphatic rings. The van der Waals surface area contributed by atoms with E-state index in [2.05, 4.69) is 5.32 Å². The lowest BCUT2D eigenvalue weighted by Gasteiger charge is -2.34. The van der Waals surface area contributed by atoms with Crippen molar-refractivity contribution < 1.29 is 22.7 Å². The van der Waals surface area contributed by atoms with Crippen LogP contribution in [-0.2, 0) is 14.8 Å². The summed E-state index contributed by atoms with van der Waals surface area (Å²) in [6.07, 6.45) is 0.840. The van der Waals surface area contributed by atoms with Crippen molar-refractivity contribution in [2.75, 3.05) is 46.9 Å². The highest BCUT2D eigenvalue weighted by molar-refractivity contribution is 7.89.